The van der Waals surface area contributed by atoms with E-state index in [-0.39, 0.29) is 36.1 Å². The van der Waals surface area contributed by atoms with Gasteiger partial charge in [0.2, 0.25) is 11.8 Å². The number of carbonyl (C=O) groups excluding carboxylic acids is 3. The summed E-state index contributed by atoms with van der Waals surface area (Å²) in [7, 11) is 0. The predicted octanol–water partition coefficient (Wildman–Crippen LogP) is 1.41. The van der Waals surface area contributed by atoms with E-state index in [0.29, 0.717) is 6.54 Å². The van der Waals surface area contributed by atoms with Crippen LogP contribution in [0.4, 0.5) is 0 Å². The Labute approximate surface area is 142 Å². The van der Waals surface area contributed by atoms with Crippen LogP contribution in [0.5, 0.6) is 0 Å². The lowest BCUT2D eigenvalue weighted by molar-refractivity contribution is -0.138. The van der Waals surface area contributed by atoms with Crippen LogP contribution in [-0.2, 0) is 9.59 Å². The van der Waals surface area contributed by atoms with E-state index in [1.54, 1.807) is 13.0 Å². The van der Waals surface area contributed by atoms with Crippen molar-refractivity contribution in [2.75, 3.05) is 13.1 Å². The van der Waals surface area contributed by atoms with Gasteiger partial charge < -0.3 is 20.0 Å². The number of carbonyl (C=O) groups is 3. The quantitative estimate of drug-likeness (QED) is 0.750. The maximum Gasteiger partial charge on any atom is 0.287 e. The predicted molar refractivity (Wildman–Crippen MR) is 90.3 cm³/mol. The zero-order valence-corrected chi connectivity index (χ0v) is 15.0. The molecule has 0 unspecified atom stereocenters. The Morgan fingerprint density at radius 1 is 1.17 bits per heavy atom. The van der Waals surface area contributed by atoms with Crippen LogP contribution in [0.1, 0.15) is 45.2 Å². The second-order valence-corrected chi connectivity index (χ2v) is 6.25. The fraction of sp³-hybridized carbons (Fsp3) is 0.588. The molecule has 0 aliphatic heterocycles. The molecule has 1 atom stereocenters. The van der Waals surface area contributed by atoms with Crippen LogP contribution in [0.15, 0.2) is 22.8 Å². The van der Waals surface area contributed by atoms with Crippen molar-refractivity contribution in [2.45, 2.75) is 46.7 Å². The summed E-state index contributed by atoms with van der Waals surface area (Å²) in [5.41, 5.74) is 0. The van der Waals surface area contributed by atoms with Crippen molar-refractivity contribution in [1.29, 1.82) is 0 Å². The van der Waals surface area contributed by atoms with Gasteiger partial charge in [0.25, 0.3) is 5.91 Å². The molecule has 1 rings (SSSR count). The topological polar surface area (TPSA) is 91.7 Å². The Balaban J connectivity index is 2.79. The van der Waals surface area contributed by atoms with Crippen molar-refractivity contribution in [3.63, 3.8) is 0 Å². The number of rotatable bonds is 8. The van der Waals surface area contributed by atoms with Gasteiger partial charge in [0.15, 0.2) is 5.76 Å². The van der Waals surface area contributed by atoms with E-state index in [4.69, 9.17) is 4.42 Å². The van der Waals surface area contributed by atoms with Crippen molar-refractivity contribution >= 4 is 17.7 Å². The zero-order valence-electron chi connectivity index (χ0n) is 15.0. The van der Waals surface area contributed by atoms with Gasteiger partial charge in [-0.3, -0.25) is 14.4 Å². The number of hydrogen-bond acceptors (Lipinski definition) is 4. The Kier molecular flexibility index (Phi) is 7.48. The van der Waals surface area contributed by atoms with Crippen molar-refractivity contribution in [3.8, 4) is 0 Å². The first kappa shape index (κ1) is 19.7. The highest BCUT2D eigenvalue weighted by Crippen LogP contribution is 2.09. The number of hydrogen-bond donors (Lipinski definition) is 2. The second-order valence-electron chi connectivity index (χ2n) is 6.25. The molecule has 0 saturated carbocycles. The lowest BCUT2D eigenvalue weighted by atomic mass is 10.0. The molecule has 1 aromatic heterocycles. The summed E-state index contributed by atoms with van der Waals surface area (Å²) < 4.78 is 5.05. The van der Waals surface area contributed by atoms with Crippen molar-refractivity contribution < 1.29 is 18.8 Å². The first-order chi connectivity index (χ1) is 11.3. The highest BCUT2D eigenvalue weighted by molar-refractivity contribution is 5.96. The van der Waals surface area contributed by atoms with Gasteiger partial charge in [-0.1, -0.05) is 13.8 Å². The second kappa shape index (κ2) is 9.10. The van der Waals surface area contributed by atoms with Gasteiger partial charge in [-0.25, -0.2) is 0 Å². The molecule has 0 fully saturated rings. The summed E-state index contributed by atoms with van der Waals surface area (Å²) >= 11 is 0. The molecule has 134 valence electrons. The van der Waals surface area contributed by atoms with Gasteiger partial charge in [0, 0.05) is 12.6 Å². The van der Waals surface area contributed by atoms with Crippen LogP contribution in [0.2, 0.25) is 0 Å². The highest BCUT2D eigenvalue weighted by Gasteiger charge is 2.29. The SMILES string of the molecule is CCN(CC(=O)NC(C)C)C(=O)[C@@H](NC(=O)c1ccco1)C(C)C. The standard InChI is InChI=1S/C17H27N3O4/c1-6-20(10-14(21)18-12(4)5)17(23)15(11(2)3)19-16(22)13-8-7-9-24-13/h7-9,11-12,15H,6,10H2,1-5H3,(H,18,21)(H,19,22)/t15-/m0/s1. The molecule has 0 aliphatic rings. The molecule has 7 nitrogen and oxygen atoms in total. The van der Waals surface area contributed by atoms with E-state index in [0.717, 1.165) is 0 Å². The van der Waals surface area contributed by atoms with Gasteiger partial charge in [-0.15, -0.1) is 0 Å². The van der Waals surface area contributed by atoms with Crippen molar-refractivity contribution in [2.24, 2.45) is 5.92 Å². The number of nitrogens with zero attached hydrogens (tertiary/aromatic N) is 1. The van der Waals surface area contributed by atoms with Crippen LogP contribution in [-0.4, -0.2) is 47.8 Å². The van der Waals surface area contributed by atoms with Gasteiger partial charge in [-0.2, -0.15) is 0 Å². The van der Waals surface area contributed by atoms with Gasteiger partial charge >= 0.3 is 0 Å². The number of amides is 3. The molecule has 1 aromatic rings. The van der Waals surface area contributed by atoms with Gasteiger partial charge in [-0.05, 0) is 38.8 Å². The molecule has 1 heterocycles. The Morgan fingerprint density at radius 2 is 1.83 bits per heavy atom. The smallest absolute Gasteiger partial charge is 0.287 e. The fourth-order valence-corrected chi connectivity index (χ4v) is 2.22. The Morgan fingerprint density at radius 3 is 2.29 bits per heavy atom. The Hall–Kier alpha value is -2.31. The van der Waals surface area contributed by atoms with E-state index < -0.39 is 11.9 Å². The minimum absolute atomic E-state index is 0.00543. The van der Waals surface area contributed by atoms with Gasteiger partial charge in [0.1, 0.15) is 6.04 Å². The van der Waals surface area contributed by atoms with Crippen molar-refractivity contribution in [3.05, 3.63) is 24.2 Å². The summed E-state index contributed by atoms with van der Waals surface area (Å²) in [6.45, 7) is 9.54. The maximum absolute atomic E-state index is 12.7. The maximum atomic E-state index is 12.7. The normalized spacial score (nSPS) is 12.1. The molecule has 7 heteroatoms. The van der Waals surface area contributed by atoms with E-state index in [2.05, 4.69) is 10.6 Å². The summed E-state index contributed by atoms with van der Waals surface area (Å²) in [6, 6.07) is 2.42. The molecule has 0 aliphatic carbocycles. The van der Waals surface area contributed by atoms with Crippen LogP contribution >= 0.6 is 0 Å². The highest BCUT2D eigenvalue weighted by atomic mass is 16.3. The van der Waals surface area contributed by atoms with Crippen LogP contribution in [0, 0.1) is 5.92 Å². The molecule has 0 saturated heterocycles. The first-order valence-electron chi connectivity index (χ1n) is 8.18. The van der Waals surface area contributed by atoms with Gasteiger partial charge in [0.05, 0.1) is 12.8 Å². The molecule has 0 aromatic carbocycles. The molecule has 3 amide bonds. The molecular formula is C17H27N3O4. The molecule has 24 heavy (non-hydrogen) atoms. The summed E-state index contributed by atoms with van der Waals surface area (Å²) in [4.78, 5) is 38.2. The van der Waals surface area contributed by atoms with E-state index in [9.17, 15) is 14.4 Å². The zero-order chi connectivity index (χ0) is 18.3. The molecule has 0 radical (unpaired) electrons. The third kappa shape index (κ3) is 5.72. The summed E-state index contributed by atoms with van der Waals surface area (Å²) in [5, 5.41) is 5.45. The number of likely N-dealkylation sites (N-methyl/N-ethyl adjacent to an activating group) is 1. The minimum Gasteiger partial charge on any atom is -0.459 e. The van der Waals surface area contributed by atoms with Crippen molar-refractivity contribution in [1.82, 2.24) is 15.5 Å². The fourth-order valence-electron chi connectivity index (χ4n) is 2.22. The summed E-state index contributed by atoms with van der Waals surface area (Å²) in [6.07, 6.45) is 1.40. The molecule has 0 bridgehead atoms. The van der Waals surface area contributed by atoms with Crippen LogP contribution < -0.4 is 10.6 Å². The largest absolute Gasteiger partial charge is 0.459 e. The lowest BCUT2D eigenvalue weighted by Crippen LogP contribution is -2.53. The van der Waals surface area contributed by atoms with Crippen LogP contribution in [0.3, 0.4) is 0 Å². The monoisotopic (exact) mass is 337 g/mol. The molecule has 0 spiro atoms. The first-order valence-corrected chi connectivity index (χ1v) is 8.18. The van der Waals surface area contributed by atoms with E-state index in [1.165, 1.54) is 17.2 Å². The van der Waals surface area contributed by atoms with E-state index in [1.807, 2.05) is 27.7 Å². The summed E-state index contributed by atoms with van der Waals surface area (Å²) in [5.74, 6) is -0.936. The lowest BCUT2D eigenvalue weighted by Gasteiger charge is -2.28. The minimum atomic E-state index is -0.727. The number of nitrogens with one attached hydrogen (secondary N) is 2. The molecular weight excluding hydrogens is 310 g/mol. The average molecular weight is 337 g/mol. The number of furan rings is 1. The molecule has 2 N–H and O–H groups in total. The Bertz CT molecular complexity index is 552. The third-order valence-electron chi connectivity index (χ3n) is 3.44. The average Bonchev–Trinajstić information content (AvgIpc) is 3.02. The van der Waals surface area contributed by atoms with E-state index >= 15 is 0 Å². The van der Waals surface area contributed by atoms with Crippen LogP contribution in [0.25, 0.3) is 0 Å². The third-order valence-corrected chi connectivity index (χ3v) is 3.44.